The van der Waals surface area contributed by atoms with Crippen LogP contribution in [0.2, 0.25) is 0 Å². The molecule has 0 N–H and O–H groups in total. The summed E-state index contributed by atoms with van der Waals surface area (Å²) in [7, 11) is -3.12. The highest BCUT2D eigenvalue weighted by Crippen LogP contribution is 2.39. The summed E-state index contributed by atoms with van der Waals surface area (Å²) in [5.74, 6) is 0.0724. The van der Waals surface area contributed by atoms with Crippen LogP contribution in [0.25, 0.3) is 11.3 Å². The quantitative estimate of drug-likeness (QED) is 0.799. The van der Waals surface area contributed by atoms with Crippen molar-refractivity contribution in [2.24, 2.45) is 0 Å². The van der Waals surface area contributed by atoms with Crippen LogP contribution in [-0.2, 0) is 9.84 Å². The number of sulfone groups is 1. The summed E-state index contributed by atoms with van der Waals surface area (Å²) in [6.07, 6.45) is 5.56. The first kappa shape index (κ1) is 16.9. The van der Waals surface area contributed by atoms with Crippen LogP contribution < -0.4 is 4.90 Å². The van der Waals surface area contributed by atoms with Crippen molar-refractivity contribution < 1.29 is 12.8 Å². The molecule has 1 aliphatic heterocycles. The van der Waals surface area contributed by atoms with Gasteiger partial charge in [0.2, 0.25) is 5.95 Å². The van der Waals surface area contributed by atoms with Crippen molar-refractivity contribution in [2.45, 2.75) is 36.9 Å². The number of thiophene rings is 1. The molecule has 5 nitrogen and oxygen atoms in total. The van der Waals surface area contributed by atoms with E-state index in [1.54, 1.807) is 0 Å². The fourth-order valence-electron chi connectivity index (χ4n) is 3.92. The lowest BCUT2D eigenvalue weighted by Crippen LogP contribution is -2.57. The van der Waals surface area contributed by atoms with Crippen molar-refractivity contribution in [3.63, 3.8) is 0 Å². The monoisotopic (exact) mass is 381 g/mol. The maximum Gasteiger partial charge on any atom is 0.226 e. The summed E-state index contributed by atoms with van der Waals surface area (Å²) >= 11 is 1.48. The first-order valence-corrected chi connectivity index (χ1v) is 11.1. The first-order chi connectivity index (χ1) is 12.0. The largest absolute Gasteiger partial charge is 0.338 e. The molecule has 2 fully saturated rings. The highest BCUT2D eigenvalue weighted by molar-refractivity contribution is 7.92. The third kappa shape index (κ3) is 2.95. The Labute approximate surface area is 150 Å². The van der Waals surface area contributed by atoms with Crippen LogP contribution in [0.1, 0.15) is 32.1 Å². The lowest BCUT2D eigenvalue weighted by atomic mass is 9.87. The Morgan fingerprint density at radius 2 is 2.04 bits per heavy atom. The minimum absolute atomic E-state index is 0.113. The molecule has 1 aliphatic carbocycles. The topological polar surface area (TPSA) is 63.2 Å². The lowest BCUT2D eigenvalue weighted by Gasteiger charge is -2.44. The first-order valence-electron chi connectivity index (χ1n) is 8.53. The number of rotatable bonds is 2. The van der Waals surface area contributed by atoms with Gasteiger partial charge in [-0.3, -0.25) is 0 Å². The Kier molecular flexibility index (Phi) is 4.27. The van der Waals surface area contributed by atoms with Gasteiger partial charge in [-0.05, 0) is 24.3 Å². The van der Waals surface area contributed by atoms with E-state index in [1.165, 1.54) is 17.5 Å². The maximum atomic E-state index is 14.1. The van der Waals surface area contributed by atoms with Crippen LogP contribution in [-0.4, -0.2) is 42.0 Å². The summed E-state index contributed by atoms with van der Waals surface area (Å²) in [6, 6.07) is 1.82. The van der Waals surface area contributed by atoms with Crippen LogP contribution in [0.4, 0.5) is 10.3 Å². The smallest absolute Gasteiger partial charge is 0.226 e. The molecule has 134 valence electrons. The van der Waals surface area contributed by atoms with Gasteiger partial charge in [0.25, 0.3) is 0 Å². The molecule has 8 heteroatoms. The minimum atomic E-state index is -3.12. The molecule has 2 aromatic rings. The zero-order valence-electron chi connectivity index (χ0n) is 13.8. The van der Waals surface area contributed by atoms with Crippen LogP contribution in [0, 0.1) is 5.82 Å². The zero-order valence-corrected chi connectivity index (χ0v) is 15.5. The second-order valence-electron chi connectivity index (χ2n) is 6.86. The lowest BCUT2D eigenvalue weighted by molar-refractivity contribution is 0.362. The van der Waals surface area contributed by atoms with Crippen molar-refractivity contribution in [1.82, 2.24) is 9.97 Å². The second kappa shape index (κ2) is 6.32. The summed E-state index contributed by atoms with van der Waals surface area (Å²) < 4.78 is 38.9. The van der Waals surface area contributed by atoms with Crippen LogP contribution >= 0.6 is 11.3 Å². The average molecular weight is 381 g/mol. The van der Waals surface area contributed by atoms with E-state index in [1.807, 2.05) is 21.7 Å². The number of hydrogen-bond donors (Lipinski definition) is 0. The molecule has 4 rings (SSSR count). The SMILES string of the molecule is O=S1(=O)CCN(c2ncc(F)c(-c3ccsc3)n2)CC12CCCCC2. The number of aromatic nitrogens is 2. The van der Waals surface area contributed by atoms with Gasteiger partial charge in [0.05, 0.1) is 16.7 Å². The molecule has 0 radical (unpaired) electrons. The Bertz CT molecular complexity index is 862. The van der Waals surface area contributed by atoms with Gasteiger partial charge in [0.1, 0.15) is 5.69 Å². The zero-order chi connectivity index (χ0) is 17.5. The maximum absolute atomic E-state index is 14.1. The molecule has 3 heterocycles. The number of nitrogens with zero attached hydrogens (tertiary/aromatic N) is 3. The van der Waals surface area contributed by atoms with E-state index >= 15 is 0 Å². The molecule has 1 spiro atoms. The van der Waals surface area contributed by atoms with Gasteiger partial charge in [-0.1, -0.05) is 19.3 Å². The molecule has 2 aliphatic rings. The van der Waals surface area contributed by atoms with Gasteiger partial charge >= 0.3 is 0 Å². The molecule has 0 atom stereocenters. The summed E-state index contributed by atoms with van der Waals surface area (Å²) in [6.45, 7) is 0.767. The molecular formula is C17H20FN3O2S2. The summed E-state index contributed by atoms with van der Waals surface area (Å²) in [5.41, 5.74) is 1.00. The number of halogens is 1. The van der Waals surface area contributed by atoms with Crippen LogP contribution in [0.15, 0.2) is 23.0 Å². The number of anilines is 1. The van der Waals surface area contributed by atoms with E-state index in [4.69, 9.17) is 0 Å². The predicted molar refractivity (Wildman–Crippen MR) is 97.1 cm³/mol. The summed E-state index contributed by atoms with van der Waals surface area (Å²) in [4.78, 5) is 10.5. The molecule has 2 aromatic heterocycles. The van der Waals surface area contributed by atoms with Crippen molar-refractivity contribution in [3.8, 4) is 11.3 Å². The minimum Gasteiger partial charge on any atom is -0.338 e. The van der Waals surface area contributed by atoms with Gasteiger partial charge < -0.3 is 4.90 Å². The van der Waals surface area contributed by atoms with Gasteiger partial charge in [0, 0.05) is 24.0 Å². The third-order valence-electron chi connectivity index (χ3n) is 5.34. The predicted octanol–water partition coefficient (Wildman–Crippen LogP) is 3.28. The second-order valence-corrected chi connectivity index (χ2v) is 10.1. The third-order valence-corrected chi connectivity index (χ3v) is 8.60. The fourth-order valence-corrected chi connectivity index (χ4v) is 6.72. The Morgan fingerprint density at radius 3 is 2.76 bits per heavy atom. The molecule has 0 aromatic carbocycles. The standard InChI is InChI=1S/C17H20FN3O2S2/c18-14-10-19-16(20-15(14)13-4-8-24-11-13)21-7-9-25(22,23)17(12-21)5-2-1-3-6-17/h4,8,10-11H,1-3,5-7,9,12H2. The van der Waals surface area contributed by atoms with E-state index in [0.717, 1.165) is 24.8 Å². The van der Waals surface area contributed by atoms with Crippen LogP contribution in [0.5, 0.6) is 0 Å². The average Bonchev–Trinajstić information content (AvgIpc) is 3.13. The molecule has 1 saturated heterocycles. The van der Waals surface area contributed by atoms with Crippen molar-refractivity contribution >= 4 is 27.1 Å². The highest BCUT2D eigenvalue weighted by atomic mass is 32.2. The van der Waals surface area contributed by atoms with Gasteiger partial charge in [-0.25, -0.2) is 22.8 Å². The normalized spacial score (nSPS) is 22.2. The number of hydrogen-bond acceptors (Lipinski definition) is 6. The highest BCUT2D eigenvalue weighted by Gasteiger charge is 2.48. The van der Waals surface area contributed by atoms with E-state index in [2.05, 4.69) is 9.97 Å². The van der Waals surface area contributed by atoms with E-state index in [9.17, 15) is 12.8 Å². The van der Waals surface area contributed by atoms with Gasteiger partial charge in [-0.15, -0.1) is 0 Å². The van der Waals surface area contributed by atoms with E-state index in [0.29, 0.717) is 31.9 Å². The van der Waals surface area contributed by atoms with Crippen molar-refractivity contribution in [1.29, 1.82) is 0 Å². The summed E-state index contributed by atoms with van der Waals surface area (Å²) in [5, 5.41) is 3.72. The van der Waals surface area contributed by atoms with Gasteiger partial charge in [0.15, 0.2) is 15.7 Å². The Hall–Kier alpha value is -1.54. The van der Waals surface area contributed by atoms with Gasteiger partial charge in [-0.2, -0.15) is 11.3 Å². The Balaban J connectivity index is 1.68. The van der Waals surface area contributed by atoms with Crippen molar-refractivity contribution in [3.05, 3.63) is 28.8 Å². The van der Waals surface area contributed by atoms with E-state index in [-0.39, 0.29) is 11.4 Å². The van der Waals surface area contributed by atoms with Crippen molar-refractivity contribution in [2.75, 3.05) is 23.7 Å². The molecule has 0 bridgehead atoms. The molecule has 0 amide bonds. The molecule has 0 unspecified atom stereocenters. The van der Waals surface area contributed by atoms with Crippen LogP contribution in [0.3, 0.4) is 0 Å². The molecular weight excluding hydrogens is 361 g/mol. The van der Waals surface area contributed by atoms with E-state index < -0.39 is 20.4 Å². The fraction of sp³-hybridized carbons (Fsp3) is 0.529. The molecule has 25 heavy (non-hydrogen) atoms. The Morgan fingerprint density at radius 1 is 1.24 bits per heavy atom. The molecule has 1 saturated carbocycles.